The molecule has 3 rings (SSSR count). The van der Waals surface area contributed by atoms with E-state index in [1.54, 1.807) is 12.1 Å². The van der Waals surface area contributed by atoms with E-state index in [0.29, 0.717) is 10.6 Å². The first-order chi connectivity index (χ1) is 9.63. The normalized spacial score (nSPS) is 14.1. The van der Waals surface area contributed by atoms with Crippen LogP contribution in [0.15, 0.2) is 42.5 Å². The van der Waals surface area contributed by atoms with Gasteiger partial charge in [0.2, 0.25) is 0 Å². The molecular weight excluding hydrogens is 385 g/mol. The average Bonchev–Trinajstić information content (AvgIpc) is 2.83. The van der Waals surface area contributed by atoms with Crippen molar-refractivity contribution in [3.8, 4) is 0 Å². The fraction of sp³-hybridized carbons (Fsp3) is 0.188. The lowest BCUT2D eigenvalue weighted by molar-refractivity contribution is 0.0937. The molecule has 2 nitrogen and oxygen atoms in total. The van der Waals surface area contributed by atoms with Crippen LogP contribution in [-0.4, -0.2) is 11.9 Å². The van der Waals surface area contributed by atoms with Gasteiger partial charge < -0.3 is 5.32 Å². The Kier molecular flexibility index (Phi) is 3.98. The van der Waals surface area contributed by atoms with Gasteiger partial charge in [-0.15, -0.1) is 0 Å². The summed E-state index contributed by atoms with van der Waals surface area (Å²) >= 11 is 8.13. The van der Waals surface area contributed by atoms with Crippen LogP contribution in [0.2, 0.25) is 5.02 Å². The molecule has 2 aromatic rings. The lowest BCUT2D eigenvalue weighted by Crippen LogP contribution is -2.35. The first-order valence-electron chi connectivity index (χ1n) is 6.46. The molecule has 1 aliphatic carbocycles. The van der Waals surface area contributed by atoms with E-state index in [-0.39, 0.29) is 11.9 Å². The van der Waals surface area contributed by atoms with Crippen molar-refractivity contribution in [1.82, 2.24) is 5.32 Å². The summed E-state index contributed by atoms with van der Waals surface area (Å²) in [5, 5.41) is 3.70. The summed E-state index contributed by atoms with van der Waals surface area (Å²) in [6, 6.07) is 13.9. The van der Waals surface area contributed by atoms with Crippen LogP contribution in [0.1, 0.15) is 21.5 Å². The van der Waals surface area contributed by atoms with Crippen LogP contribution in [0, 0.1) is 3.57 Å². The van der Waals surface area contributed by atoms with E-state index in [1.165, 1.54) is 11.1 Å². The van der Waals surface area contributed by atoms with E-state index < -0.39 is 0 Å². The Balaban J connectivity index is 1.74. The second-order valence-electron chi connectivity index (χ2n) is 4.97. The number of rotatable bonds is 2. The molecule has 1 amide bonds. The summed E-state index contributed by atoms with van der Waals surface area (Å²) in [4.78, 5) is 12.4. The number of fused-ring (bicyclic) bond motifs is 1. The van der Waals surface area contributed by atoms with Crippen LogP contribution in [0.4, 0.5) is 0 Å². The largest absolute Gasteiger partial charge is 0.349 e. The molecule has 102 valence electrons. The van der Waals surface area contributed by atoms with Gasteiger partial charge in [-0.05, 0) is 64.8 Å². The smallest absolute Gasteiger partial charge is 0.252 e. The topological polar surface area (TPSA) is 29.1 Å². The zero-order valence-electron chi connectivity index (χ0n) is 10.7. The first kappa shape index (κ1) is 13.9. The molecule has 1 aliphatic rings. The second kappa shape index (κ2) is 5.74. The van der Waals surface area contributed by atoms with Gasteiger partial charge in [-0.1, -0.05) is 35.9 Å². The maximum Gasteiger partial charge on any atom is 0.252 e. The number of amides is 1. The molecule has 0 radical (unpaired) electrons. The highest BCUT2D eigenvalue weighted by atomic mass is 127. The third kappa shape index (κ3) is 2.83. The van der Waals surface area contributed by atoms with Crippen molar-refractivity contribution >= 4 is 40.1 Å². The molecule has 1 N–H and O–H groups in total. The second-order valence-corrected chi connectivity index (χ2v) is 6.57. The molecule has 0 unspecified atom stereocenters. The van der Waals surface area contributed by atoms with Gasteiger partial charge in [0.05, 0.1) is 5.56 Å². The number of halogens is 2. The molecule has 0 aliphatic heterocycles. The number of carbonyl (C=O) groups is 1. The number of benzene rings is 2. The van der Waals surface area contributed by atoms with Gasteiger partial charge >= 0.3 is 0 Å². The van der Waals surface area contributed by atoms with Crippen molar-refractivity contribution in [3.05, 3.63) is 67.7 Å². The van der Waals surface area contributed by atoms with E-state index >= 15 is 0 Å². The number of nitrogens with one attached hydrogen (secondary N) is 1. The van der Waals surface area contributed by atoms with Gasteiger partial charge in [0.1, 0.15) is 0 Å². The molecular formula is C16H13ClINO. The van der Waals surface area contributed by atoms with Crippen molar-refractivity contribution < 1.29 is 4.79 Å². The minimum atomic E-state index is -0.0466. The van der Waals surface area contributed by atoms with E-state index in [4.69, 9.17) is 11.6 Å². The fourth-order valence-corrected chi connectivity index (χ4v) is 3.35. The molecule has 0 aromatic heterocycles. The Hall–Kier alpha value is -1.07. The third-order valence-corrected chi connectivity index (χ3v) is 4.74. The predicted octanol–water partition coefficient (Wildman–Crippen LogP) is 3.84. The summed E-state index contributed by atoms with van der Waals surface area (Å²) in [5.41, 5.74) is 3.31. The van der Waals surface area contributed by atoms with Crippen LogP contribution in [0.5, 0.6) is 0 Å². The predicted molar refractivity (Wildman–Crippen MR) is 89.3 cm³/mol. The first-order valence-corrected chi connectivity index (χ1v) is 7.92. The summed E-state index contributed by atoms with van der Waals surface area (Å²) in [6.07, 6.45) is 1.80. The molecule has 0 atom stereocenters. The summed E-state index contributed by atoms with van der Waals surface area (Å²) in [7, 11) is 0. The molecule has 2 aromatic carbocycles. The minimum absolute atomic E-state index is 0.0466. The van der Waals surface area contributed by atoms with Crippen molar-refractivity contribution in [2.45, 2.75) is 18.9 Å². The van der Waals surface area contributed by atoms with E-state index in [0.717, 1.165) is 16.4 Å². The van der Waals surface area contributed by atoms with Crippen LogP contribution >= 0.6 is 34.2 Å². The van der Waals surface area contributed by atoms with E-state index in [1.807, 2.05) is 18.2 Å². The highest BCUT2D eigenvalue weighted by molar-refractivity contribution is 14.1. The van der Waals surface area contributed by atoms with Crippen LogP contribution in [-0.2, 0) is 12.8 Å². The minimum Gasteiger partial charge on any atom is -0.349 e. The Morgan fingerprint density at radius 2 is 1.80 bits per heavy atom. The zero-order valence-corrected chi connectivity index (χ0v) is 13.6. The molecule has 0 saturated heterocycles. The van der Waals surface area contributed by atoms with Crippen LogP contribution < -0.4 is 5.32 Å². The van der Waals surface area contributed by atoms with Gasteiger partial charge in [-0.25, -0.2) is 0 Å². The SMILES string of the molecule is O=C(NC1Cc2ccccc2C1)c1cc(Cl)ccc1I. The average molecular weight is 398 g/mol. The molecule has 4 heteroatoms. The van der Waals surface area contributed by atoms with Crippen molar-refractivity contribution in [1.29, 1.82) is 0 Å². The fourth-order valence-electron chi connectivity index (χ4n) is 2.60. The molecule has 0 fully saturated rings. The Morgan fingerprint density at radius 3 is 2.45 bits per heavy atom. The van der Waals surface area contributed by atoms with Crippen LogP contribution in [0.25, 0.3) is 0 Å². The maximum atomic E-state index is 12.4. The van der Waals surface area contributed by atoms with Gasteiger partial charge in [-0.3, -0.25) is 4.79 Å². The number of hydrogen-bond donors (Lipinski definition) is 1. The van der Waals surface area contributed by atoms with Gasteiger partial charge in [0.15, 0.2) is 0 Å². The van der Waals surface area contributed by atoms with Gasteiger partial charge in [0, 0.05) is 14.6 Å². The van der Waals surface area contributed by atoms with Gasteiger partial charge in [0.25, 0.3) is 5.91 Å². The Labute approximate surface area is 136 Å². The molecule has 20 heavy (non-hydrogen) atoms. The van der Waals surface area contributed by atoms with Gasteiger partial charge in [-0.2, -0.15) is 0 Å². The van der Waals surface area contributed by atoms with Crippen molar-refractivity contribution in [2.75, 3.05) is 0 Å². The molecule has 0 heterocycles. The lowest BCUT2D eigenvalue weighted by Gasteiger charge is -2.13. The van der Waals surface area contributed by atoms with E-state index in [2.05, 4.69) is 40.0 Å². The summed E-state index contributed by atoms with van der Waals surface area (Å²) in [5.74, 6) is -0.0466. The lowest BCUT2D eigenvalue weighted by atomic mass is 10.1. The highest BCUT2D eigenvalue weighted by Crippen LogP contribution is 2.23. The standard InChI is InChI=1S/C16H13ClINO/c17-12-5-6-15(18)14(9-12)16(20)19-13-7-10-3-1-2-4-11(10)8-13/h1-6,9,13H,7-8H2,(H,19,20). The molecule has 0 spiro atoms. The quantitative estimate of drug-likeness (QED) is 0.767. The summed E-state index contributed by atoms with van der Waals surface area (Å²) < 4.78 is 0.917. The zero-order chi connectivity index (χ0) is 14.1. The van der Waals surface area contributed by atoms with Crippen LogP contribution in [0.3, 0.4) is 0 Å². The Morgan fingerprint density at radius 1 is 1.15 bits per heavy atom. The van der Waals surface area contributed by atoms with E-state index in [9.17, 15) is 4.79 Å². The van der Waals surface area contributed by atoms with Crippen molar-refractivity contribution in [2.24, 2.45) is 0 Å². The molecule has 0 saturated carbocycles. The van der Waals surface area contributed by atoms with Crippen molar-refractivity contribution in [3.63, 3.8) is 0 Å². The molecule has 0 bridgehead atoms. The summed E-state index contributed by atoms with van der Waals surface area (Å²) in [6.45, 7) is 0. The maximum absolute atomic E-state index is 12.4. The number of hydrogen-bond acceptors (Lipinski definition) is 1. The highest BCUT2D eigenvalue weighted by Gasteiger charge is 2.23. The third-order valence-electron chi connectivity index (χ3n) is 3.56. The number of carbonyl (C=O) groups excluding carboxylic acids is 1. The Bertz CT molecular complexity index is 646. The monoisotopic (exact) mass is 397 g/mol.